The number of carbonyl (C=O) groups is 2. The van der Waals surface area contributed by atoms with Gasteiger partial charge in [-0.15, -0.1) is 0 Å². The lowest BCUT2D eigenvalue weighted by Gasteiger charge is -2.27. The Balaban J connectivity index is 1.91. The molecule has 7 heteroatoms. The van der Waals surface area contributed by atoms with E-state index >= 15 is 0 Å². The average molecular weight is 372 g/mol. The molecule has 142 valence electrons. The van der Waals surface area contributed by atoms with Crippen molar-refractivity contribution in [1.82, 2.24) is 10.2 Å². The maximum absolute atomic E-state index is 14.2. The number of hydrogen-bond acceptors (Lipinski definition) is 4. The molecule has 2 aromatic carbocycles. The molecule has 3 N–H and O–H groups in total. The standard InChI is InChI=1S/C20H21FN2O4/c21-18-5-4-13(10-14(18)12-23-8-6-22-7-9-23)11-17-15(19(24)25)2-1-3-16(17)20(26)27/h1-5,10,22H,6-9,11-12H2,(H,24,25)(H,26,27). The summed E-state index contributed by atoms with van der Waals surface area (Å²) in [5.41, 5.74) is 1.32. The summed E-state index contributed by atoms with van der Waals surface area (Å²) < 4.78 is 14.2. The molecule has 27 heavy (non-hydrogen) atoms. The molecule has 0 saturated carbocycles. The van der Waals surface area contributed by atoms with Crippen LogP contribution in [0.15, 0.2) is 36.4 Å². The highest BCUT2D eigenvalue weighted by molar-refractivity contribution is 5.96. The first-order valence-corrected chi connectivity index (χ1v) is 8.74. The van der Waals surface area contributed by atoms with Gasteiger partial charge in [0.25, 0.3) is 0 Å². The van der Waals surface area contributed by atoms with Crippen molar-refractivity contribution >= 4 is 11.9 Å². The fourth-order valence-corrected chi connectivity index (χ4v) is 3.35. The predicted molar refractivity (Wildman–Crippen MR) is 97.7 cm³/mol. The van der Waals surface area contributed by atoms with Gasteiger partial charge in [-0.2, -0.15) is 0 Å². The van der Waals surface area contributed by atoms with Crippen LogP contribution < -0.4 is 5.32 Å². The van der Waals surface area contributed by atoms with Gasteiger partial charge < -0.3 is 15.5 Å². The Morgan fingerprint density at radius 2 is 1.67 bits per heavy atom. The lowest BCUT2D eigenvalue weighted by atomic mass is 9.94. The van der Waals surface area contributed by atoms with E-state index in [0.29, 0.717) is 17.7 Å². The van der Waals surface area contributed by atoms with E-state index in [0.717, 1.165) is 26.2 Å². The van der Waals surface area contributed by atoms with Gasteiger partial charge in [0.2, 0.25) is 0 Å². The van der Waals surface area contributed by atoms with Crippen LogP contribution in [0.1, 0.15) is 37.4 Å². The van der Waals surface area contributed by atoms with Gasteiger partial charge in [-0.05, 0) is 35.7 Å². The summed E-state index contributed by atoms with van der Waals surface area (Å²) in [6.45, 7) is 3.83. The minimum Gasteiger partial charge on any atom is -0.478 e. The maximum Gasteiger partial charge on any atom is 0.336 e. The first-order valence-electron chi connectivity index (χ1n) is 8.74. The third-order valence-electron chi connectivity index (χ3n) is 4.73. The summed E-state index contributed by atoms with van der Waals surface area (Å²) in [6.07, 6.45) is 0.110. The normalized spacial score (nSPS) is 14.9. The number of nitrogens with zero attached hydrogens (tertiary/aromatic N) is 1. The highest BCUT2D eigenvalue weighted by Crippen LogP contribution is 2.22. The summed E-state index contributed by atoms with van der Waals surface area (Å²) in [5.74, 6) is -2.69. The van der Waals surface area contributed by atoms with Crippen LogP contribution in [0.4, 0.5) is 4.39 Å². The van der Waals surface area contributed by atoms with E-state index in [1.54, 1.807) is 12.1 Å². The summed E-state index contributed by atoms with van der Waals surface area (Å²) in [6, 6.07) is 8.81. The summed E-state index contributed by atoms with van der Waals surface area (Å²) in [7, 11) is 0. The van der Waals surface area contributed by atoms with Gasteiger partial charge in [0.1, 0.15) is 5.82 Å². The Labute approximate surface area is 156 Å². The van der Waals surface area contributed by atoms with Crippen molar-refractivity contribution in [2.24, 2.45) is 0 Å². The monoisotopic (exact) mass is 372 g/mol. The molecule has 0 radical (unpaired) electrons. The Morgan fingerprint density at radius 1 is 1.04 bits per heavy atom. The van der Waals surface area contributed by atoms with Crippen LogP contribution in [-0.4, -0.2) is 53.2 Å². The first-order chi connectivity index (χ1) is 13.0. The summed E-state index contributed by atoms with van der Waals surface area (Å²) in [4.78, 5) is 25.2. The third-order valence-corrected chi connectivity index (χ3v) is 4.73. The number of rotatable bonds is 6. The van der Waals surface area contributed by atoms with Gasteiger partial charge in [-0.25, -0.2) is 14.0 Å². The third kappa shape index (κ3) is 4.50. The Kier molecular flexibility index (Phi) is 5.83. The van der Waals surface area contributed by atoms with Gasteiger partial charge in [0.05, 0.1) is 11.1 Å². The van der Waals surface area contributed by atoms with Gasteiger partial charge in [0, 0.05) is 38.3 Å². The van der Waals surface area contributed by atoms with Crippen molar-refractivity contribution in [2.75, 3.05) is 26.2 Å². The molecule has 3 rings (SSSR count). The van der Waals surface area contributed by atoms with Crippen LogP contribution >= 0.6 is 0 Å². The quantitative estimate of drug-likeness (QED) is 0.720. The second kappa shape index (κ2) is 8.28. The predicted octanol–water partition coefficient (Wildman–Crippen LogP) is 2.22. The number of carboxylic acid groups (broad SMARTS) is 2. The highest BCUT2D eigenvalue weighted by Gasteiger charge is 2.19. The van der Waals surface area contributed by atoms with E-state index in [-0.39, 0.29) is 28.9 Å². The molecular weight excluding hydrogens is 351 g/mol. The van der Waals surface area contributed by atoms with E-state index in [1.807, 2.05) is 0 Å². The van der Waals surface area contributed by atoms with Crippen molar-refractivity contribution in [3.05, 3.63) is 70.0 Å². The van der Waals surface area contributed by atoms with E-state index < -0.39 is 11.9 Å². The lowest BCUT2D eigenvalue weighted by molar-refractivity contribution is 0.0696. The van der Waals surface area contributed by atoms with Crippen molar-refractivity contribution in [2.45, 2.75) is 13.0 Å². The number of nitrogens with one attached hydrogen (secondary N) is 1. The fourth-order valence-electron chi connectivity index (χ4n) is 3.35. The van der Waals surface area contributed by atoms with Gasteiger partial charge in [0.15, 0.2) is 0 Å². The van der Waals surface area contributed by atoms with Gasteiger partial charge in [-0.3, -0.25) is 4.90 Å². The van der Waals surface area contributed by atoms with Crippen LogP contribution in [0, 0.1) is 5.82 Å². The molecule has 0 aromatic heterocycles. The molecule has 1 aliphatic heterocycles. The molecule has 1 fully saturated rings. The van der Waals surface area contributed by atoms with E-state index in [4.69, 9.17) is 0 Å². The molecule has 0 aliphatic carbocycles. The molecule has 0 amide bonds. The lowest BCUT2D eigenvalue weighted by Crippen LogP contribution is -2.43. The zero-order valence-corrected chi connectivity index (χ0v) is 14.7. The molecule has 0 spiro atoms. The molecule has 2 aromatic rings. The van der Waals surface area contributed by atoms with Crippen molar-refractivity contribution < 1.29 is 24.2 Å². The van der Waals surface area contributed by atoms with Crippen LogP contribution in [0.3, 0.4) is 0 Å². The number of carboxylic acids is 2. The largest absolute Gasteiger partial charge is 0.478 e. The van der Waals surface area contributed by atoms with Gasteiger partial charge in [-0.1, -0.05) is 18.2 Å². The molecule has 1 saturated heterocycles. The number of benzene rings is 2. The zero-order valence-electron chi connectivity index (χ0n) is 14.7. The summed E-state index contributed by atoms with van der Waals surface area (Å²) in [5, 5.41) is 22.0. The SMILES string of the molecule is O=C(O)c1cccc(C(=O)O)c1Cc1ccc(F)c(CN2CCNCC2)c1. The molecular formula is C20H21FN2O4. The molecule has 1 aliphatic rings. The minimum absolute atomic E-state index is 0.0529. The second-order valence-electron chi connectivity index (χ2n) is 6.57. The number of halogens is 1. The molecule has 0 atom stereocenters. The number of piperazine rings is 1. The minimum atomic E-state index is -1.18. The Morgan fingerprint density at radius 3 is 2.26 bits per heavy atom. The zero-order chi connectivity index (χ0) is 19.4. The average Bonchev–Trinajstić information content (AvgIpc) is 2.65. The highest BCUT2D eigenvalue weighted by atomic mass is 19.1. The molecule has 0 unspecified atom stereocenters. The maximum atomic E-state index is 14.2. The molecule has 1 heterocycles. The fraction of sp³-hybridized carbons (Fsp3) is 0.300. The Bertz CT molecular complexity index is 831. The smallest absolute Gasteiger partial charge is 0.336 e. The first kappa shape index (κ1) is 19.0. The van der Waals surface area contributed by atoms with Crippen LogP contribution in [0.2, 0.25) is 0 Å². The van der Waals surface area contributed by atoms with Crippen LogP contribution in [0.25, 0.3) is 0 Å². The van der Waals surface area contributed by atoms with Crippen molar-refractivity contribution in [3.8, 4) is 0 Å². The number of aromatic carboxylic acids is 2. The summed E-state index contributed by atoms with van der Waals surface area (Å²) >= 11 is 0. The van der Waals surface area contributed by atoms with Crippen LogP contribution in [0.5, 0.6) is 0 Å². The topological polar surface area (TPSA) is 89.9 Å². The number of hydrogen-bond donors (Lipinski definition) is 3. The van der Waals surface area contributed by atoms with Crippen molar-refractivity contribution in [1.29, 1.82) is 0 Å². The van der Waals surface area contributed by atoms with Crippen molar-refractivity contribution in [3.63, 3.8) is 0 Å². The van der Waals surface area contributed by atoms with E-state index in [9.17, 15) is 24.2 Å². The molecule has 0 bridgehead atoms. The van der Waals surface area contributed by atoms with E-state index in [2.05, 4.69) is 10.2 Å². The van der Waals surface area contributed by atoms with E-state index in [1.165, 1.54) is 24.3 Å². The Hall–Kier alpha value is -2.77. The van der Waals surface area contributed by atoms with Gasteiger partial charge >= 0.3 is 11.9 Å². The molecule has 6 nitrogen and oxygen atoms in total. The second-order valence-corrected chi connectivity index (χ2v) is 6.57. The van der Waals surface area contributed by atoms with Crippen LogP contribution in [-0.2, 0) is 13.0 Å².